The topological polar surface area (TPSA) is 75.2 Å². The summed E-state index contributed by atoms with van der Waals surface area (Å²) in [5, 5.41) is 5.54. The Labute approximate surface area is 180 Å². The van der Waals surface area contributed by atoms with Crippen LogP contribution in [-0.4, -0.2) is 39.8 Å². The van der Waals surface area contributed by atoms with Gasteiger partial charge < -0.3 is 10.2 Å². The number of nitrogens with one attached hydrogen (secondary N) is 1. The Morgan fingerprint density at radius 2 is 1.73 bits per heavy atom. The monoisotopic (exact) mass is 420 g/mol. The third kappa shape index (κ3) is 4.57. The van der Waals surface area contributed by atoms with Crippen LogP contribution in [0.1, 0.15) is 34.5 Å². The molecule has 6 nitrogen and oxygen atoms in total. The van der Waals surface area contributed by atoms with Gasteiger partial charge in [0.2, 0.25) is 5.91 Å². The SMILES string of the molecule is Cc1ccc(-c2nc(C(=O)N3CCC(C(=O)Nc4ccc(C)cn4)CC3)cs2)cc1. The summed E-state index contributed by atoms with van der Waals surface area (Å²) in [6.45, 7) is 5.10. The molecule has 0 unspecified atom stereocenters. The number of benzene rings is 1. The molecule has 4 rings (SSSR count). The Morgan fingerprint density at radius 1 is 1.03 bits per heavy atom. The quantitative estimate of drug-likeness (QED) is 0.682. The molecular weight excluding hydrogens is 396 g/mol. The van der Waals surface area contributed by atoms with Crippen molar-refractivity contribution in [3.63, 3.8) is 0 Å². The number of aromatic nitrogens is 2. The van der Waals surface area contributed by atoms with Crippen molar-refractivity contribution in [1.82, 2.24) is 14.9 Å². The average Bonchev–Trinajstić information content (AvgIpc) is 3.26. The highest BCUT2D eigenvalue weighted by atomic mass is 32.1. The van der Waals surface area contributed by atoms with Crippen molar-refractivity contribution in [3.05, 3.63) is 64.8 Å². The molecule has 0 atom stereocenters. The lowest BCUT2D eigenvalue weighted by molar-refractivity contribution is -0.121. The van der Waals surface area contributed by atoms with Crippen molar-refractivity contribution < 1.29 is 9.59 Å². The molecule has 1 fully saturated rings. The van der Waals surface area contributed by atoms with Crippen LogP contribution in [-0.2, 0) is 4.79 Å². The maximum atomic E-state index is 12.9. The Morgan fingerprint density at radius 3 is 2.40 bits per heavy atom. The predicted octanol–water partition coefficient (Wildman–Crippen LogP) is 4.31. The number of thiazole rings is 1. The molecule has 0 radical (unpaired) electrons. The molecule has 3 aromatic rings. The minimum Gasteiger partial charge on any atom is -0.337 e. The highest BCUT2D eigenvalue weighted by molar-refractivity contribution is 7.13. The molecule has 0 spiro atoms. The third-order valence-corrected chi connectivity index (χ3v) is 6.23. The fourth-order valence-electron chi connectivity index (χ4n) is 3.48. The predicted molar refractivity (Wildman–Crippen MR) is 119 cm³/mol. The first-order valence-electron chi connectivity index (χ1n) is 10.0. The van der Waals surface area contributed by atoms with Crippen LogP contribution >= 0.6 is 11.3 Å². The van der Waals surface area contributed by atoms with Gasteiger partial charge in [0.25, 0.3) is 5.91 Å². The van der Waals surface area contributed by atoms with Crippen LogP contribution in [0.5, 0.6) is 0 Å². The molecule has 1 aliphatic rings. The zero-order valence-corrected chi connectivity index (χ0v) is 17.9. The zero-order chi connectivity index (χ0) is 21.1. The molecular formula is C23H24N4O2S. The molecule has 0 bridgehead atoms. The van der Waals surface area contributed by atoms with Crippen LogP contribution in [0.25, 0.3) is 10.6 Å². The van der Waals surface area contributed by atoms with Crippen LogP contribution in [0.2, 0.25) is 0 Å². The van der Waals surface area contributed by atoms with E-state index in [1.807, 2.05) is 49.6 Å². The van der Waals surface area contributed by atoms with Crippen molar-refractivity contribution in [3.8, 4) is 10.6 Å². The summed E-state index contributed by atoms with van der Waals surface area (Å²) in [7, 11) is 0. The number of aryl methyl sites for hydroxylation is 2. The second-order valence-corrected chi connectivity index (χ2v) is 8.54. The first-order chi connectivity index (χ1) is 14.5. The van der Waals surface area contributed by atoms with Crippen molar-refractivity contribution in [1.29, 1.82) is 0 Å². The fourth-order valence-corrected chi connectivity index (χ4v) is 4.28. The van der Waals surface area contributed by atoms with E-state index in [9.17, 15) is 9.59 Å². The second-order valence-electron chi connectivity index (χ2n) is 7.68. The van der Waals surface area contributed by atoms with E-state index in [2.05, 4.69) is 15.3 Å². The minimum atomic E-state index is -0.115. The Bertz CT molecular complexity index is 1040. The van der Waals surface area contributed by atoms with Gasteiger partial charge in [-0.15, -0.1) is 11.3 Å². The van der Waals surface area contributed by atoms with Gasteiger partial charge in [-0.1, -0.05) is 35.9 Å². The third-order valence-electron chi connectivity index (χ3n) is 5.34. The summed E-state index contributed by atoms with van der Waals surface area (Å²) in [4.78, 5) is 35.9. The van der Waals surface area contributed by atoms with Gasteiger partial charge in [0.05, 0.1) is 0 Å². The lowest BCUT2D eigenvalue weighted by atomic mass is 9.95. The average molecular weight is 421 g/mol. The molecule has 1 N–H and O–H groups in total. The van der Waals surface area contributed by atoms with E-state index >= 15 is 0 Å². The minimum absolute atomic E-state index is 0.0335. The molecule has 1 saturated heterocycles. The Balaban J connectivity index is 1.33. The van der Waals surface area contributed by atoms with E-state index in [4.69, 9.17) is 0 Å². The highest BCUT2D eigenvalue weighted by Crippen LogP contribution is 2.26. The smallest absolute Gasteiger partial charge is 0.273 e. The molecule has 154 valence electrons. The number of amides is 2. The van der Waals surface area contributed by atoms with Gasteiger partial charge in [0, 0.05) is 36.1 Å². The molecule has 7 heteroatoms. The second kappa shape index (κ2) is 8.75. The maximum Gasteiger partial charge on any atom is 0.273 e. The van der Waals surface area contributed by atoms with Gasteiger partial charge >= 0.3 is 0 Å². The summed E-state index contributed by atoms with van der Waals surface area (Å²) in [5.41, 5.74) is 3.73. The lowest BCUT2D eigenvalue weighted by Crippen LogP contribution is -2.41. The first kappa shape index (κ1) is 20.2. The van der Waals surface area contributed by atoms with Crippen molar-refractivity contribution in [2.75, 3.05) is 18.4 Å². The van der Waals surface area contributed by atoms with Crippen LogP contribution < -0.4 is 5.32 Å². The van der Waals surface area contributed by atoms with Crippen LogP contribution in [0, 0.1) is 19.8 Å². The molecule has 1 aromatic carbocycles. The number of piperidine rings is 1. The number of likely N-dealkylation sites (tertiary alicyclic amines) is 1. The van der Waals surface area contributed by atoms with Crippen LogP contribution in [0.3, 0.4) is 0 Å². The summed E-state index contributed by atoms with van der Waals surface area (Å²) >= 11 is 1.48. The molecule has 3 heterocycles. The number of pyridine rings is 1. The zero-order valence-electron chi connectivity index (χ0n) is 17.1. The van der Waals surface area contributed by atoms with Gasteiger partial charge in [0.15, 0.2) is 0 Å². The van der Waals surface area contributed by atoms with E-state index in [-0.39, 0.29) is 17.7 Å². The molecule has 30 heavy (non-hydrogen) atoms. The lowest BCUT2D eigenvalue weighted by Gasteiger charge is -2.30. The number of hydrogen-bond acceptors (Lipinski definition) is 5. The molecule has 2 amide bonds. The molecule has 0 saturated carbocycles. The van der Waals surface area contributed by atoms with Gasteiger partial charge in [-0.05, 0) is 38.3 Å². The fraction of sp³-hybridized carbons (Fsp3) is 0.304. The van der Waals surface area contributed by atoms with Gasteiger partial charge in [-0.25, -0.2) is 9.97 Å². The van der Waals surface area contributed by atoms with Crippen molar-refractivity contribution in [2.24, 2.45) is 5.92 Å². The first-order valence-corrected chi connectivity index (χ1v) is 10.9. The number of anilines is 1. The van der Waals surface area contributed by atoms with E-state index in [1.54, 1.807) is 17.2 Å². The van der Waals surface area contributed by atoms with E-state index in [0.717, 1.165) is 16.1 Å². The number of nitrogens with zero attached hydrogens (tertiary/aromatic N) is 3. The highest BCUT2D eigenvalue weighted by Gasteiger charge is 2.29. The van der Waals surface area contributed by atoms with E-state index in [1.165, 1.54) is 16.9 Å². The molecule has 2 aromatic heterocycles. The molecule has 0 aliphatic carbocycles. The summed E-state index contributed by atoms with van der Waals surface area (Å²) in [6, 6.07) is 11.9. The number of carbonyl (C=O) groups is 2. The van der Waals surface area contributed by atoms with Crippen molar-refractivity contribution >= 4 is 29.0 Å². The van der Waals surface area contributed by atoms with E-state index in [0.29, 0.717) is 37.4 Å². The summed E-state index contributed by atoms with van der Waals surface area (Å²) in [5.74, 6) is 0.350. The molecule has 1 aliphatic heterocycles. The largest absolute Gasteiger partial charge is 0.337 e. The van der Waals surface area contributed by atoms with E-state index < -0.39 is 0 Å². The standard InChI is InChI=1S/C23H24N4O2S/c1-15-3-6-18(7-4-15)22-25-19(14-30-22)23(29)27-11-9-17(10-12-27)21(28)26-20-8-5-16(2)13-24-20/h3-8,13-14,17H,9-12H2,1-2H3,(H,24,26,28). The van der Waals surface area contributed by atoms with Gasteiger partial charge in [-0.2, -0.15) is 0 Å². The maximum absolute atomic E-state index is 12.9. The van der Waals surface area contributed by atoms with Gasteiger partial charge in [0.1, 0.15) is 16.5 Å². The normalized spacial score (nSPS) is 14.5. The summed E-state index contributed by atoms with van der Waals surface area (Å²) in [6.07, 6.45) is 3.01. The van der Waals surface area contributed by atoms with Crippen LogP contribution in [0.15, 0.2) is 48.0 Å². The Hall–Kier alpha value is -3.06. The number of rotatable bonds is 4. The van der Waals surface area contributed by atoms with Crippen molar-refractivity contribution in [2.45, 2.75) is 26.7 Å². The summed E-state index contributed by atoms with van der Waals surface area (Å²) < 4.78 is 0. The number of hydrogen-bond donors (Lipinski definition) is 1. The Kier molecular flexibility index (Phi) is 5.90. The van der Waals surface area contributed by atoms with Crippen LogP contribution in [0.4, 0.5) is 5.82 Å². The van der Waals surface area contributed by atoms with Gasteiger partial charge in [-0.3, -0.25) is 9.59 Å². The number of carbonyl (C=O) groups excluding carboxylic acids is 2.